The Morgan fingerprint density at radius 2 is 2.08 bits per heavy atom. The molecule has 0 amide bonds. The van der Waals surface area contributed by atoms with Crippen LogP contribution in [0.5, 0.6) is 0 Å². The molecule has 0 spiro atoms. The topological polar surface area (TPSA) is 169 Å². The molecule has 0 radical (unpaired) electrons. The fourth-order valence-electron chi connectivity index (χ4n) is 4.16. The minimum Gasteiger partial charge on any atom is -0.463 e. The number of fused-ring (bicyclic) bond motifs is 1. The monoisotopic (exact) mass is 560 g/mol. The van der Waals surface area contributed by atoms with E-state index in [1.54, 1.807) is 0 Å². The van der Waals surface area contributed by atoms with E-state index in [9.17, 15) is 15.0 Å². The van der Waals surface area contributed by atoms with Crippen molar-refractivity contribution in [1.82, 2.24) is 19.5 Å². The van der Waals surface area contributed by atoms with E-state index in [4.69, 9.17) is 21.1 Å². The van der Waals surface area contributed by atoms with Crippen LogP contribution in [-0.4, -0.2) is 78.8 Å². The van der Waals surface area contributed by atoms with Crippen molar-refractivity contribution in [3.8, 4) is 0 Å². The van der Waals surface area contributed by atoms with Gasteiger partial charge in [0.15, 0.2) is 23.2 Å². The number of hydrogen-bond donors (Lipinski definition) is 3. The molecule has 13 nitrogen and oxygen atoms in total. The Hall–Kier alpha value is -3.17. The van der Waals surface area contributed by atoms with Crippen LogP contribution in [0.3, 0.4) is 0 Å². The van der Waals surface area contributed by atoms with Gasteiger partial charge in [-0.25, -0.2) is 9.98 Å². The molecule has 15 heteroatoms. The lowest BCUT2D eigenvalue weighted by Crippen LogP contribution is -2.34. The molecule has 0 saturated carbocycles. The van der Waals surface area contributed by atoms with E-state index in [2.05, 4.69) is 35.5 Å². The van der Waals surface area contributed by atoms with Crippen molar-refractivity contribution < 1.29 is 24.5 Å². The van der Waals surface area contributed by atoms with Gasteiger partial charge in [-0.1, -0.05) is 42.1 Å². The molecular weight excluding hydrogens is 536 g/mol. The van der Waals surface area contributed by atoms with Gasteiger partial charge in [-0.2, -0.15) is 9.97 Å². The molecule has 5 rings (SSSR count). The summed E-state index contributed by atoms with van der Waals surface area (Å²) in [7, 11) is 0. The Labute approximate surface area is 226 Å². The second-order valence-corrected chi connectivity index (χ2v) is 10.3. The summed E-state index contributed by atoms with van der Waals surface area (Å²) in [4.78, 5) is 27.8. The van der Waals surface area contributed by atoms with Crippen LogP contribution < -0.4 is 5.32 Å². The number of halogens is 1. The lowest BCUT2D eigenvalue weighted by Gasteiger charge is -2.23. The van der Waals surface area contributed by atoms with Crippen LogP contribution in [0, 0.1) is 0 Å². The third-order valence-corrected chi connectivity index (χ3v) is 7.66. The largest absolute Gasteiger partial charge is 0.463 e. The second kappa shape index (κ2) is 10.9. The predicted molar refractivity (Wildman–Crippen MR) is 140 cm³/mol. The maximum absolute atomic E-state index is 11.2. The Morgan fingerprint density at radius 3 is 2.79 bits per heavy atom. The quantitative estimate of drug-likeness (QED) is 0.261. The standard InChI is InChI=1S/C23H25ClN8O5S/c1-12(9-38-23(26-10-27-31-23)14-6-4-3-5-7-14)28-19-16-20(30-22(24)29-19)32(11-25-16)21-18(35)17(34)15(37-21)8-36-13(2)33/h3-7,10-12,15,17-18,21,34-35H,8-9H2,1-2H3,(H,28,29,30)/t12-,15-,17?,18?,21-,23?/m1/s1. The highest BCUT2D eigenvalue weighted by atomic mass is 35.5. The summed E-state index contributed by atoms with van der Waals surface area (Å²) < 4.78 is 12.2. The van der Waals surface area contributed by atoms with Crippen LogP contribution in [0.2, 0.25) is 5.28 Å². The number of carbonyl (C=O) groups is 1. The van der Waals surface area contributed by atoms with Gasteiger partial charge in [0, 0.05) is 24.3 Å². The molecule has 0 aliphatic carbocycles. The molecule has 38 heavy (non-hydrogen) atoms. The minimum atomic E-state index is -1.32. The second-order valence-electron chi connectivity index (χ2n) is 8.80. The van der Waals surface area contributed by atoms with Gasteiger partial charge >= 0.3 is 5.97 Å². The third kappa shape index (κ3) is 5.22. The number of anilines is 1. The molecule has 6 atom stereocenters. The van der Waals surface area contributed by atoms with Crippen LogP contribution in [0.15, 0.2) is 51.9 Å². The van der Waals surface area contributed by atoms with Gasteiger partial charge in [0.05, 0.1) is 6.33 Å². The molecule has 1 aromatic carbocycles. The van der Waals surface area contributed by atoms with Crippen LogP contribution in [0.25, 0.3) is 11.2 Å². The number of nitrogens with one attached hydrogen (secondary N) is 1. The number of aliphatic hydroxyl groups is 2. The van der Waals surface area contributed by atoms with E-state index < -0.39 is 35.5 Å². The molecule has 4 heterocycles. The number of azo groups is 1. The third-order valence-electron chi connectivity index (χ3n) is 6.00. The van der Waals surface area contributed by atoms with Gasteiger partial charge in [0.1, 0.15) is 31.3 Å². The molecule has 2 aliphatic rings. The molecule has 0 bridgehead atoms. The lowest BCUT2D eigenvalue weighted by atomic mass is 10.1. The first-order chi connectivity index (χ1) is 18.3. The zero-order chi connectivity index (χ0) is 26.9. The Bertz CT molecular complexity index is 1360. The summed E-state index contributed by atoms with van der Waals surface area (Å²) >= 11 is 7.75. The van der Waals surface area contributed by atoms with Crippen LogP contribution in [-0.2, 0) is 19.3 Å². The number of thioether (sulfide) groups is 1. The molecular formula is C23H25ClN8O5S. The van der Waals surface area contributed by atoms with Crippen molar-refractivity contribution in [3.63, 3.8) is 0 Å². The highest BCUT2D eigenvalue weighted by Crippen LogP contribution is 2.42. The predicted octanol–water partition coefficient (Wildman–Crippen LogP) is 2.50. The zero-order valence-electron chi connectivity index (χ0n) is 20.4. The number of nitrogens with zero attached hydrogens (tertiary/aromatic N) is 7. The molecule has 3 unspecified atom stereocenters. The first kappa shape index (κ1) is 26.4. The number of imidazole rings is 1. The van der Waals surface area contributed by atoms with Crippen LogP contribution in [0.1, 0.15) is 25.6 Å². The summed E-state index contributed by atoms with van der Waals surface area (Å²) in [5, 5.41) is 32.6. The van der Waals surface area contributed by atoms with Gasteiger partial charge in [-0.15, -0.1) is 10.2 Å². The van der Waals surface area contributed by atoms with E-state index in [1.807, 2.05) is 37.3 Å². The number of aromatic nitrogens is 4. The number of esters is 1. The van der Waals surface area contributed by atoms with E-state index in [0.29, 0.717) is 22.7 Å². The number of hydrogen-bond acceptors (Lipinski definition) is 13. The van der Waals surface area contributed by atoms with E-state index in [0.717, 1.165) is 5.56 Å². The normalized spacial score (nSPS) is 27.2. The number of carbonyl (C=O) groups excluding carboxylic acids is 1. The summed E-state index contributed by atoms with van der Waals surface area (Å²) in [6.45, 7) is 3.01. The zero-order valence-corrected chi connectivity index (χ0v) is 22.0. The molecule has 200 valence electrons. The van der Waals surface area contributed by atoms with Gasteiger partial charge < -0.3 is 25.0 Å². The average molecular weight is 561 g/mol. The summed E-state index contributed by atoms with van der Waals surface area (Å²) in [5.41, 5.74) is 1.62. The summed E-state index contributed by atoms with van der Waals surface area (Å²) in [6, 6.07) is 9.60. The number of aliphatic imine (C=N–C) groups is 1. The van der Waals surface area contributed by atoms with Crippen molar-refractivity contribution >= 4 is 52.7 Å². The highest BCUT2D eigenvalue weighted by Gasteiger charge is 2.45. The summed E-state index contributed by atoms with van der Waals surface area (Å²) in [5.74, 6) is 0.456. The van der Waals surface area contributed by atoms with Crippen molar-refractivity contribution in [2.75, 3.05) is 17.7 Å². The van der Waals surface area contributed by atoms with Crippen molar-refractivity contribution in [2.24, 2.45) is 15.2 Å². The number of rotatable bonds is 9. The number of aliphatic hydroxyl groups excluding tert-OH is 2. The average Bonchev–Trinajstić information content (AvgIpc) is 3.61. The van der Waals surface area contributed by atoms with E-state index in [1.165, 1.54) is 35.9 Å². The van der Waals surface area contributed by atoms with Crippen LogP contribution >= 0.6 is 23.4 Å². The Morgan fingerprint density at radius 1 is 1.29 bits per heavy atom. The minimum absolute atomic E-state index is 0.0407. The molecule has 3 N–H and O–H groups in total. The molecule has 1 saturated heterocycles. The van der Waals surface area contributed by atoms with Gasteiger partial charge in [0.25, 0.3) is 0 Å². The fraction of sp³-hybridized carbons (Fsp3) is 0.435. The van der Waals surface area contributed by atoms with Crippen molar-refractivity contribution in [2.45, 2.75) is 49.4 Å². The van der Waals surface area contributed by atoms with E-state index in [-0.39, 0.29) is 17.9 Å². The number of benzene rings is 1. The Balaban J connectivity index is 1.33. The van der Waals surface area contributed by atoms with Gasteiger partial charge in [-0.05, 0) is 18.5 Å². The van der Waals surface area contributed by atoms with E-state index >= 15 is 0 Å². The van der Waals surface area contributed by atoms with Gasteiger partial charge in [-0.3, -0.25) is 9.36 Å². The highest BCUT2D eigenvalue weighted by molar-refractivity contribution is 8.00. The first-order valence-corrected chi connectivity index (χ1v) is 13.1. The smallest absolute Gasteiger partial charge is 0.302 e. The molecule has 1 fully saturated rings. The van der Waals surface area contributed by atoms with Crippen molar-refractivity contribution in [1.29, 1.82) is 0 Å². The molecule has 2 aliphatic heterocycles. The van der Waals surface area contributed by atoms with Crippen molar-refractivity contribution in [3.05, 3.63) is 47.5 Å². The van der Waals surface area contributed by atoms with Crippen LogP contribution in [0.4, 0.5) is 5.82 Å². The van der Waals surface area contributed by atoms with Gasteiger partial charge in [0.2, 0.25) is 10.3 Å². The summed E-state index contributed by atoms with van der Waals surface area (Å²) in [6.07, 6.45) is -1.67. The molecule has 2 aromatic heterocycles. The fourth-order valence-corrected chi connectivity index (χ4v) is 5.42. The Kier molecular flexibility index (Phi) is 7.59. The SMILES string of the molecule is CC(=O)OC[C@H]1O[C@@H](n2cnc3c(N[C@H](C)CSC4(c5ccccc5)N=CN=N4)nc(Cl)nc32)C(O)C1O. The lowest BCUT2D eigenvalue weighted by molar-refractivity contribution is -0.147. The first-order valence-electron chi connectivity index (χ1n) is 11.7. The molecule has 3 aromatic rings. The maximum atomic E-state index is 11.2. The number of ether oxygens (including phenoxy) is 2. The maximum Gasteiger partial charge on any atom is 0.302 e.